The Bertz CT molecular complexity index is 877. The lowest BCUT2D eigenvalue weighted by Crippen LogP contribution is -2.66. The van der Waals surface area contributed by atoms with E-state index in [1.807, 2.05) is 13.0 Å². The first-order valence-electron chi connectivity index (χ1n) is 11.4. The lowest BCUT2D eigenvalue weighted by molar-refractivity contribution is -0.148. The molecule has 0 aromatic carbocycles. The van der Waals surface area contributed by atoms with E-state index in [9.17, 15) is 19.5 Å². The summed E-state index contributed by atoms with van der Waals surface area (Å²) in [6.45, 7) is 7.62. The van der Waals surface area contributed by atoms with Gasteiger partial charge in [-0.1, -0.05) is 39.3 Å². The number of fused-ring (bicyclic) bond motifs is 5. The summed E-state index contributed by atoms with van der Waals surface area (Å²) in [5.74, 6) is 0.422. The molecule has 6 heteroatoms. The molecule has 0 aromatic rings. The number of ketones is 2. The van der Waals surface area contributed by atoms with Crippen molar-refractivity contribution < 1.29 is 24.2 Å². The predicted octanol–water partition coefficient (Wildman–Crippen LogP) is 3.97. The largest absolute Gasteiger partial charge is 0.458 e. The molecule has 0 aliphatic heterocycles. The van der Waals surface area contributed by atoms with Crippen LogP contribution in [0.5, 0.6) is 0 Å². The quantitative estimate of drug-likeness (QED) is 0.521. The molecule has 7 atom stereocenters. The fourth-order valence-electron chi connectivity index (χ4n) is 7.29. The topological polar surface area (TPSA) is 80.7 Å². The normalized spacial score (nSPS) is 44.2. The number of carbonyl (C=O) groups excluding carboxylic acids is 3. The Morgan fingerprint density at radius 1 is 1.29 bits per heavy atom. The number of halogens is 1. The van der Waals surface area contributed by atoms with Gasteiger partial charge in [0.1, 0.15) is 0 Å². The smallest absolute Gasteiger partial charge is 0.305 e. The van der Waals surface area contributed by atoms with E-state index in [0.717, 1.165) is 30.8 Å². The summed E-state index contributed by atoms with van der Waals surface area (Å²) in [5.41, 5.74) is -0.0889. The van der Waals surface area contributed by atoms with Crippen molar-refractivity contribution >= 4 is 29.1 Å². The van der Waals surface area contributed by atoms with Crippen LogP contribution in [0, 0.1) is 34.5 Å². The number of allylic oxidation sites excluding steroid dienone is 4. The van der Waals surface area contributed by atoms with Crippen LogP contribution in [-0.4, -0.2) is 40.2 Å². The molecule has 0 unspecified atom stereocenters. The SMILES string of the molecule is CCC(=O)OCC(=O)[C]1[C@@H](C)C[C@H]2[C@@H]3CCC4=CC(=O)C=C[C@]4(C)[C@@]3(Cl)[C@@H](O)C[C@@]12C. The minimum atomic E-state index is -0.925. The number of hydrogen-bond acceptors (Lipinski definition) is 5. The fourth-order valence-corrected chi connectivity index (χ4v) is 7.81. The number of hydrogen-bond donors (Lipinski definition) is 1. The molecule has 3 fully saturated rings. The Hall–Kier alpha value is -1.46. The van der Waals surface area contributed by atoms with Crippen LogP contribution in [0.25, 0.3) is 0 Å². The number of esters is 1. The maximum Gasteiger partial charge on any atom is 0.305 e. The summed E-state index contributed by atoms with van der Waals surface area (Å²) in [4.78, 5) is 35.8. The van der Waals surface area contributed by atoms with Gasteiger partial charge in [-0.15, -0.1) is 11.6 Å². The van der Waals surface area contributed by atoms with Gasteiger partial charge in [-0.3, -0.25) is 14.4 Å². The summed E-state index contributed by atoms with van der Waals surface area (Å²) >= 11 is 7.40. The van der Waals surface area contributed by atoms with Crippen LogP contribution in [0.15, 0.2) is 23.8 Å². The number of alkyl halides is 1. The summed E-state index contributed by atoms with van der Waals surface area (Å²) in [7, 11) is 0. The van der Waals surface area contributed by atoms with Crippen molar-refractivity contribution in [2.45, 2.75) is 70.8 Å². The second-order valence-corrected chi connectivity index (χ2v) is 10.9. The van der Waals surface area contributed by atoms with Gasteiger partial charge in [0.15, 0.2) is 18.2 Å². The van der Waals surface area contributed by atoms with E-state index >= 15 is 0 Å². The van der Waals surface area contributed by atoms with E-state index in [1.165, 1.54) is 0 Å². The maximum atomic E-state index is 13.1. The molecule has 0 aromatic heterocycles. The van der Waals surface area contributed by atoms with Gasteiger partial charge in [-0.2, -0.15) is 0 Å². The lowest BCUT2D eigenvalue weighted by Gasteiger charge is -2.63. The number of aliphatic hydroxyl groups is 1. The molecule has 31 heavy (non-hydrogen) atoms. The zero-order valence-electron chi connectivity index (χ0n) is 18.7. The number of aliphatic hydroxyl groups excluding tert-OH is 1. The summed E-state index contributed by atoms with van der Waals surface area (Å²) in [5, 5.41) is 11.5. The maximum absolute atomic E-state index is 13.1. The van der Waals surface area contributed by atoms with Crippen molar-refractivity contribution in [3.63, 3.8) is 0 Å². The molecule has 5 nitrogen and oxygen atoms in total. The minimum absolute atomic E-state index is 0.00820. The van der Waals surface area contributed by atoms with E-state index in [1.54, 1.807) is 19.1 Å². The van der Waals surface area contributed by atoms with E-state index < -0.39 is 21.8 Å². The van der Waals surface area contributed by atoms with E-state index in [0.29, 0.717) is 6.42 Å². The standard InChI is InChI=1S/C25H32ClO5/c1-5-21(30)31-13-19(28)22-14(2)10-18-17-7-6-15-11-16(27)8-9-24(15,4)25(17,26)20(29)12-23(18,22)3/h8-9,11,14,17-18,20,29H,5-7,10,12-13H2,1-4H3/t14-,17-,18-,20-,23+,24-,25-/m0/s1. The summed E-state index contributed by atoms with van der Waals surface area (Å²) < 4.78 is 5.14. The molecular formula is C25H32ClO5. The van der Waals surface area contributed by atoms with Crippen LogP contribution in [0.3, 0.4) is 0 Å². The molecule has 1 N–H and O–H groups in total. The second kappa shape index (κ2) is 7.55. The Kier molecular flexibility index (Phi) is 5.54. The molecule has 0 spiro atoms. The zero-order chi connectivity index (χ0) is 22.8. The second-order valence-electron chi connectivity index (χ2n) is 10.3. The van der Waals surface area contributed by atoms with E-state index in [-0.39, 0.29) is 48.3 Å². The van der Waals surface area contributed by atoms with Gasteiger partial charge < -0.3 is 9.84 Å². The van der Waals surface area contributed by atoms with Gasteiger partial charge in [-0.25, -0.2) is 0 Å². The van der Waals surface area contributed by atoms with Gasteiger partial charge in [0.25, 0.3) is 0 Å². The van der Waals surface area contributed by atoms with Crippen molar-refractivity contribution in [1.29, 1.82) is 0 Å². The zero-order valence-corrected chi connectivity index (χ0v) is 19.5. The molecule has 4 aliphatic rings. The third-order valence-corrected chi connectivity index (χ3v) is 9.62. The van der Waals surface area contributed by atoms with Crippen molar-refractivity contribution in [2.24, 2.45) is 28.6 Å². The number of rotatable bonds is 4. The third-order valence-electron chi connectivity index (χ3n) is 8.70. The minimum Gasteiger partial charge on any atom is -0.458 e. The number of carbonyl (C=O) groups is 3. The highest BCUT2D eigenvalue weighted by Crippen LogP contribution is 2.71. The molecule has 0 heterocycles. The average molecular weight is 448 g/mol. The van der Waals surface area contributed by atoms with Gasteiger partial charge in [0, 0.05) is 11.8 Å². The Labute approximate surface area is 189 Å². The van der Waals surface area contributed by atoms with Crippen molar-refractivity contribution in [2.75, 3.05) is 6.61 Å². The number of Topliss-reactive ketones (excluding diaryl/α,β-unsaturated/α-hetero) is 1. The average Bonchev–Trinajstić information content (AvgIpc) is 2.97. The van der Waals surface area contributed by atoms with Crippen LogP contribution in [-0.2, 0) is 19.1 Å². The van der Waals surface area contributed by atoms with Gasteiger partial charge in [0.2, 0.25) is 0 Å². The predicted molar refractivity (Wildman–Crippen MR) is 117 cm³/mol. The highest BCUT2D eigenvalue weighted by Gasteiger charge is 2.70. The molecule has 0 amide bonds. The summed E-state index contributed by atoms with van der Waals surface area (Å²) in [6.07, 6.45) is 7.28. The highest BCUT2D eigenvalue weighted by atomic mass is 35.5. The van der Waals surface area contributed by atoms with E-state index in [2.05, 4.69) is 13.8 Å². The number of ether oxygens (including phenoxy) is 1. The molecule has 1 radical (unpaired) electrons. The Balaban J connectivity index is 1.68. The van der Waals surface area contributed by atoms with Crippen molar-refractivity contribution in [3.05, 3.63) is 29.7 Å². The Morgan fingerprint density at radius 3 is 2.68 bits per heavy atom. The molecule has 169 valence electrons. The third kappa shape index (κ3) is 3.10. The lowest BCUT2D eigenvalue weighted by atomic mass is 9.46. The van der Waals surface area contributed by atoms with Crippen molar-refractivity contribution in [1.82, 2.24) is 0 Å². The molecule has 4 aliphatic carbocycles. The molecule has 0 bridgehead atoms. The highest BCUT2D eigenvalue weighted by molar-refractivity contribution is 6.26. The molecule has 3 saturated carbocycles. The van der Waals surface area contributed by atoms with Crippen LogP contribution in [0.1, 0.15) is 59.8 Å². The Morgan fingerprint density at radius 2 is 2.00 bits per heavy atom. The van der Waals surface area contributed by atoms with Crippen LogP contribution in [0.4, 0.5) is 0 Å². The van der Waals surface area contributed by atoms with Crippen molar-refractivity contribution in [3.8, 4) is 0 Å². The first-order chi connectivity index (χ1) is 14.5. The van der Waals surface area contributed by atoms with Crippen LogP contribution >= 0.6 is 11.6 Å². The van der Waals surface area contributed by atoms with E-state index in [4.69, 9.17) is 16.3 Å². The monoisotopic (exact) mass is 447 g/mol. The van der Waals surface area contributed by atoms with Gasteiger partial charge >= 0.3 is 5.97 Å². The van der Waals surface area contributed by atoms with Crippen LogP contribution < -0.4 is 0 Å². The first kappa shape index (κ1) is 22.7. The summed E-state index contributed by atoms with van der Waals surface area (Å²) in [6, 6.07) is 0. The first-order valence-corrected chi connectivity index (χ1v) is 11.7. The molecule has 0 saturated heterocycles. The van der Waals surface area contributed by atoms with Crippen LogP contribution in [0.2, 0.25) is 0 Å². The fraction of sp³-hybridized carbons (Fsp3) is 0.680. The van der Waals surface area contributed by atoms with Gasteiger partial charge in [0.05, 0.1) is 16.9 Å². The molecule has 4 rings (SSSR count). The molecular weight excluding hydrogens is 416 g/mol. The van der Waals surface area contributed by atoms with Gasteiger partial charge in [-0.05, 0) is 61.0 Å².